The molecule has 0 radical (unpaired) electrons. The molecule has 0 fully saturated rings. The van der Waals surface area contributed by atoms with E-state index in [1.807, 2.05) is 6.92 Å². The number of carbonyl (C=O) groups excluding carboxylic acids is 2. The van der Waals surface area contributed by atoms with Gasteiger partial charge in [0, 0.05) is 26.6 Å². The maximum Gasteiger partial charge on any atom is 0.341 e. The van der Waals surface area contributed by atoms with Gasteiger partial charge in [0.2, 0.25) is 5.91 Å². The van der Waals surface area contributed by atoms with E-state index < -0.39 is 0 Å². The molecule has 2 aromatic rings. The Labute approximate surface area is 184 Å². The van der Waals surface area contributed by atoms with E-state index in [9.17, 15) is 9.59 Å². The summed E-state index contributed by atoms with van der Waals surface area (Å²) >= 11 is 13.8. The van der Waals surface area contributed by atoms with Gasteiger partial charge in [0.1, 0.15) is 5.00 Å². The lowest BCUT2D eigenvalue weighted by atomic mass is 9.88. The van der Waals surface area contributed by atoms with Crippen LogP contribution in [0.15, 0.2) is 24.3 Å². The van der Waals surface area contributed by atoms with Crippen molar-refractivity contribution in [2.24, 2.45) is 5.92 Å². The summed E-state index contributed by atoms with van der Waals surface area (Å²) in [6.07, 6.45) is 6.45. The van der Waals surface area contributed by atoms with E-state index >= 15 is 0 Å². The Hall–Kier alpha value is -1.82. The average Bonchev–Trinajstić information content (AvgIpc) is 3.02. The van der Waals surface area contributed by atoms with E-state index in [0.29, 0.717) is 38.7 Å². The van der Waals surface area contributed by atoms with E-state index in [2.05, 4.69) is 12.2 Å². The minimum absolute atomic E-state index is 0.350. The number of carbonyl (C=O) groups is 2. The molecule has 0 saturated carbocycles. The Balaban J connectivity index is 1.85. The van der Waals surface area contributed by atoms with Crippen molar-refractivity contribution in [3.63, 3.8) is 0 Å². The second kappa shape index (κ2) is 9.79. The summed E-state index contributed by atoms with van der Waals surface area (Å²) in [5.74, 6) is -0.157. The molecule has 7 heteroatoms. The fourth-order valence-corrected chi connectivity index (χ4v) is 5.23. The van der Waals surface area contributed by atoms with Crippen molar-refractivity contribution < 1.29 is 14.3 Å². The van der Waals surface area contributed by atoms with Gasteiger partial charge >= 0.3 is 5.97 Å². The number of ether oxygens (including phenoxy) is 1. The Bertz CT molecular complexity index is 932. The number of esters is 1. The number of amides is 1. The molecule has 1 aliphatic rings. The molecule has 1 amide bonds. The van der Waals surface area contributed by atoms with Crippen LogP contribution in [0, 0.1) is 5.92 Å². The topological polar surface area (TPSA) is 55.4 Å². The Morgan fingerprint density at radius 3 is 2.72 bits per heavy atom. The molecule has 0 bridgehead atoms. The number of fused-ring (bicyclic) bond motifs is 1. The third kappa shape index (κ3) is 5.21. The Morgan fingerprint density at radius 2 is 2.03 bits per heavy atom. The molecule has 29 heavy (non-hydrogen) atoms. The SMILES string of the molecule is CCCOC(=O)c1c(NC(=O)C=Cc2c(Cl)cccc2Cl)sc2c1CCC(C)C2. The van der Waals surface area contributed by atoms with E-state index in [1.54, 1.807) is 24.3 Å². The molecule has 0 spiro atoms. The van der Waals surface area contributed by atoms with Crippen LogP contribution in [0.4, 0.5) is 5.00 Å². The number of thiophene rings is 1. The monoisotopic (exact) mass is 451 g/mol. The van der Waals surface area contributed by atoms with Gasteiger partial charge in [-0.1, -0.05) is 43.1 Å². The summed E-state index contributed by atoms with van der Waals surface area (Å²) in [6.45, 7) is 4.51. The number of hydrogen-bond acceptors (Lipinski definition) is 4. The van der Waals surface area contributed by atoms with Crippen molar-refractivity contribution >= 4 is 57.5 Å². The van der Waals surface area contributed by atoms with Gasteiger partial charge < -0.3 is 10.1 Å². The molecule has 1 heterocycles. The highest BCUT2D eigenvalue weighted by Gasteiger charge is 2.29. The third-order valence-electron chi connectivity index (χ3n) is 4.79. The first-order valence-electron chi connectivity index (χ1n) is 9.65. The summed E-state index contributed by atoms with van der Waals surface area (Å²) in [5.41, 5.74) is 2.10. The number of nitrogens with one attached hydrogen (secondary N) is 1. The van der Waals surface area contributed by atoms with Gasteiger partial charge in [-0.05, 0) is 55.4 Å². The van der Waals surface area contributed by atoms with Gasteiger partial charge in [0.15, 0.2) is 0 Å². The van der Waals surface area contributed by atoms with Crippen LogP contribution >= 0.6 is 34.5 Å². The Morgan fingerprint density at radius 1 is 1.31 bits per heavy atom. The van der Waals surface area contributed by atoms with Gasteiger partial charge in [-0.25, -0.2) is 4.79 Å². The van der Waals surface area contributed by atoms with Crippen LogP contribution in [0.1, 0.15) is 53.1 Å². The van der Waals surface area contributed by atoms with Gasteiger partial charge in [0.05, 0.1) is 12.2 Å². The maximum absolute atomic E-state index is 12.7. The van der Waals surface area contributed by atoms with Crippen LogP contribution in [-0.4, -0.2) is 18.5 Å². The lowest BCUT2D eigenvalue weighted by molar-refractivity contribution is -0.111. The second-order valence-corrected chi connectivity index (χ2v) is 9.07. The van der Waals surface area contributed by atoms with Crippen LogP contribution in [0.5, 0.6) is 0 Å². The second-order valence-electron chi connectivity index (χ2n) is 7.15. The Kier molecular flexibility index (Phi) is 7.38. The molecule has 154 valence electrons. The summed E-state index contributed by atoms with van der Waals surface area (Å²) < 4.78 is 5.38. The quantitative estimate of drug-likeness (QED) is 0.408. The number of benzene rings is 1. The molecular formula is C22H23Cl2NO3S. The molecular weight excluding hydrogens is 429 g/mol. The number of anilines is 1. The molecule has 0 saturated heterocycles. The van der Waals surface area contributed by atoms with Crippen molar-refractivity contribution in [1.82, 2.24) is 0 Å². The van der Waals surface area contributed by atoms with E-state index in [1.165, 1.54) is 17.4 Å². The van der Waals surface area contributed by atoms with E-state index in [0.717, 1.165) is 36.1 Å². The van der Waals surface area contributed by atoms with Crippen molar-refractivity contribution in [3.8, 4) is 0 Å². The average molecular weight is 452 g/mol. The summed E-state index contributed by atoms with van der Waals surface area (Å²) in [5, 5.41) is 4.33. The zero-order valence-corrected chi connectivity index (χ0v) is 18.7. The van der Waals surface area contributed by atoms with E-state index in [-0.39, 0.29) is 11.9 Å². The first-order valence-corrected chi connectivity index (χ1v) is 11.2. The fourth-order valence-electron chi connectivity index (χ4n) is 3.30. The van der Waals surface area contributed by atoms with Crippen molar-refractivity contribution in [3.05, 3.63) is 55.9 Å². The number of rotatable bonds is 6. The molecule has 1 unspecified atom stereocenters. The summed E-state index contributed by atoms with van der Waals surface area (Å²) in [7, 11) is 0. The molecule has 1 N–H and O–H groups in total. The van der Waals surface area contributed by atoms with Gasteiger partial charge in [-0.15, -0.1) is 11.3 Å². The zero-order chi connectivity index (χ0) is 21.0. The van der Waals surface area contributed by atoms with Gasteiger partial charge in [-0.2, -0.15) is 0 Å². The molecule has 3 rings (SSSR count). The zero-order valence-electron chi connectivity index (χ0n) is 16.4. The van der Waals surface area contributed by atoms with Crippen LogP contribution < -0.4 is 5.32 Å². The van der Waals surface area contributed by atoms with Crippen LogP contribution in [0.3, 0.4) is 0 Å². The fraction of sp³-hybridized carbons (Fsp3) is 0.364. The minimum Gasteiger partial charge on any atom is -0.462 e. The predicted molar refractivity (Wildman–Crippen MR) is 120 cm³/mol. The minimum atomic E-state index is -0.368. The summed E-state index contributed by atoms with van der Waals surface area (Å²) in [6, 6.07) is 5.16. The van der Waals surface area contributed by atoms with Gasteiger partial charge in [-0.3, -0.25) is 4.79 Å². The lowest BCUT2D eigenvalue weighted by Crippen LogP contribution is -2.16. The third-order valence-corrected chi connectivity index (χ3v) is 6.62. The number of halogens is 2. The molecule has 0 aliphatic heterocycles. The van der Waals surface area contributed by atoms with Crippen LogP contribution in [0.25, 0.3) is 6.08 Å². The molecule has 1 aliphatic carbocycles. The first-order chi connectivity index (χ1) is 13.9. The maximum atomic E-state index is 12.7. The molecule has 1 aromatic carbocycles. The van der Waals surface area contributed by atoms with Crippen molar-refractivity contribution in [2.75, 3.05) is 11.9 Å². The largest absolute Gasteiger partial charge is 0.462 e. The van der Waals surface area contributed by atoms with Crippen molar-refractivity contribution in [2.45, 2.75) is 39.5 Å². The van der Waals surface area contributed by atoms with Crippen molar-refractivity contribution in [1.29, 1.82) is 0 Å². The predicted octanol–water partition coefficient (Wildman–Crippen LogP) is 6.40. The molecule has 1 aromatic heterocycles. The number of hydrogen-bond donors (Lipinski definition) is 1. The highest BCUT2D eigenvalue weighted by Crippen LogP contribution is 2.40. The highest BCUT2D eigenvalue weighted by molar-refractivity contribution is 7.17. The van der Waals surface area contributed by atoms with E-state index in [4.69, 9.17) is 27.9 Å². The molecule has 4 nitrogen and oxygen atoms in total. The normalized spacial score (nSPS) is 15.9. The van der Waals surface area contributed by atoms with Crippen LogP contribution in [0.2, 0.25) is 10.0 Å². The lowest BCUT2D eigenvalue weighted by Gasteiger charge is -2.18. The standard InChI is InChI=1S/C22H23Cl2NO3S/c1-3-11-28-22(27)20-15-8-7-13(2)12-18(15)29-21(20)25-19(26)10-9-14-16(23)5-4-6-17(14)24/h4-6,9-10,13H,3,7-8,11-12H2,1-2H3,(H,25,26). The molecule has 1 atom stereocenters. The highest BCUT2D eigenvalue weighted by atomic mass is 35.5. The summed E-state index contributed by atoms with van der Waals surface area (Å²) in [4.78, 5) is 26.4. The van der Waals surface area contributed by atoms with Gasteiger partial charge in [0.25, 0.3) is 0 Å². The smallest absolute Gasteiger partial charge is 0.341 e. The van der Waals surface area contributed by atoms with Crippen LogP contribution in [-0.2, 0) is 22.4 Å². The first kappa shape index (κ1) is 21.9.